The van der Waals surface area contributed by atoms with Gasteiger partial charge in [0, 0.05) is 0 Å². The number of nitrogens with one attached hydrogen (secondary N) is 1. The summed E-state index contributed by atoms with van der Waals surface area (Å²) in [7, 11) is 0. The fraction of sp³-hybridized carbons (Fsp3) is 0.267. The van der Waals surface area contributed by atoms with Gasteiger partial charge in [0.2, 0.25) is 0 Å². The molecule has 3 aromatic rings. The highest BCUT2D eigenvalue weighted by atomic mass is 19.4. The van der Waals surface area contributed by atoms with Crippen LogP contribution in [-0.4, -0.2) is 32.5 Å². The summed E-state index contributed by atoms with van der Waals surface area (Å²) in [6, 6.07) is 12.2. The first-order valence-corrected chi connectivity index (χ1v) is 7.19. The van der Waals surface area contributed by atoms with Gasteiger partial charge in [0.1, 0.15) is 17.7 Å². The standard InChI is InChI=1S/C15H14F3N5O/c1-10(24-11-5-3-2-4-6-11)9-19-12-7-8-13-20-21-14(15(16,17)18)23(13)22-12/h2-8,10H,9H2,1H3,(H,19,22). The van der Waals surface area contributed by atoms with Crippen LogP contribution in [-0.2, 0) is 6.18 Å². The van der Waals surface area contributed by atoms with Crippen molar-refractivity contribution in [1.82, 2.24) is 19.8 Å². The minimum atomic E-state index is -4.62. The lowest BCUT2D eigenvalue weighted by atomic mass is 10.3. The monoisotopic (exact) mass is 337 g/mol. The van der Waals surface area contributed by atoms with Crippen LogP contribution in [0.4, 0.5) is 19.0 Å². The summed E-state index contributed by atoms with van der Waals surface area (Å²) >= 11 is 0. The van der Waals surface area contributed by atoms with Crippen molar-refractivity contribution in [1.29, 1.82) is 0 Å². The van der Waals surface area contributed by atoms with Crippen LogP contribution in [0.5, 0.6) is 5.75 Å². The number of anilines is 1. The predicted octanol–water partition coefficient (Wildman–Crippen LogP) is 3.02. The Balaban J connectivity index is 1.69. The number of para-hydroxylation sites is 1. The van der Waals surface area contributed by atoms with Crippen LogP contribution in [0.1, 0.15) is 12.7 Å². The molecule has 0 fully saturated rings. The van der Waals surface area contributed by atoms with Crippen LogP contribution in [0.2, 0.25) is 0 Å². The molecule has 0 aliphatic heterocycles. The van der Waals surface area contributed by atoms with Gasteiger partial charge in [-0.3, -0.25) is 0 Å². The van der Waals surface area contributed by atoms with Crippen LogP contribution in [0.25, 0.3) is 5.65 Å². The topological polar surface area (TPSA) is 64.3 Å². The summed E-state index contributed by atoms with van der Waals surface area (Å²) in [5.74, 6) is -0.167. The molecule has 0 bridgehead atoms. The maximum Gasteiger partial charge on any atom is 0.453 e. The van der Waals surface area contributed by atoms with Crippen molar-refractivity contribution in [3.63, 3.8) is 0 Å². The second-order valence-electron chi connectivity index (χ2n) is 5.13. The molecule has 0 amide bonds. The van der Waals surface area contributed by atoms with Crippen molar-refractivity contribution in [3.8, 4) is 5.75 Å². The second-order valence-corrected chi connectivity index (χ2v) is 5.13. The van der Waals surface area contributed by atoms with Gasteiger partial charge in [-0.15, -0.1) is 15.3 Å². The van der Waals surface area contributed by atoms with Crippen LogP contribution >= 0.6 is 0 Å². The minimum Gasteiger partial charge on any atom is -0.489 e. The third-order valence-electron chi connectivity index (χ3n) is 3.17. The molecule has 0 aliphatic carbocycles. The largest absolute Gasteiger partial charge is 0.489 e. The SMILES string of the molecule is CC(CNc1ccc2nnc(C(F)(F)F)n2n1)Oc1ccccc1. The molecule has 1 aromatic carbocycles. The minimum absolute atomic E-state index is 0.0291. The van der Waals surface area contributed by atoms with Gasteiger partial charge in [0.15, 0.2) is 5.65 Å². The average Bonchev–Trinajstić information content (AvgIpc) is 2.97. The molecule has 6 nitrogen and oxygen atoms in total. The zero-order chi connectivity index (χ0) is 17.2. The second kappa shape index (κ2) is 6.34. The zero-order valence-corrected chi connectivity index (χ0v) is 12.7. The Labute approximate surface area is 135 Å². The molecule has 0 radical (unpaired) electrons. The molecule has 0 saturated heterocycles. The van der Waals surface area contributed by atoms with E-state index in [4.69, 9.17) is 4.74 Å². The van der Waals surface area contributed by atoms with E-state index in [1.165, 1.54) is 6.07 Å². The zero-order valence-electron chi connectivity index (χ0n) is 12.7. The number of alkyl halides is 3. The number of halogens is 3. The smallest absolute Gasteiger partial charge is 0.453 e. The average molecular weight is 337 g/mol. The number of benzene rings is 1. The number of fused-ring (bicyclic) bond motifs is 1. The molecular formula is C15H14F3N5O. The van der Waals surface area contributed by atoms with Crippen LogP contribution in [0, 0.1) is 0 Å². The number of nitrogens with zero attached hydrogens (tertiary/aromatic N) is 4. The fourth-order valence-electron chi connectivity index (χ4n) is 2.08. The lowest BCUT2D eigenvalue weighted by Crippen LogP contribution is -2.23. The van der Waals surface area contributed by atoms with E-state index in [1.807, 2.05) is 37.3 Å². The highest BCUT2D eigenvalue weighted by molar-refractivity contribution is 5.44. The third-order valence-corrected chi connectivity index (χ3v) is 3.17. The Hall–Kier alpha value is -2.84. The van der Waals surface area contributed by atoms with E-state index in [2.05, 4.69) is 20.6 Å². The summed E-state index contributed by atoms with van der Waals surface area (Å²) in [5, 5.41) is 13.4. The summed E-state index contributed by atoms with van der Waals surface area (Å²) in [5.41, 5.74) is 0.0291. The van der Waals surface area contributed by atoms with Crippen LogP contribution < -0.4 is 10.1 Å². The van der Waals surface area contributed by atoms with Gasteiger partial charge in [0.25, 0.3) is 5.82 Å². The van der Waals surface area contributed by atoms with Crippen molar-refractivity contribution < 1.29 is 17.9 Å². The molecule has 0 aliphatic rings. The van der Waals surface area contributed by atoms with Gasteiger partial charge >= 0.3 is 6.18 Å². The molecule has 2 aromatic heterocycles. The number of ether oxygens (including phenoxy) is 1. The molecule has 3 rings (SSSR count). The Bertz CT molecular complexity index is 819. The maximum absolute atomic E-state index is 12.8. The van der Waals surface area contributed by atoms with Crippen LogP contribution in [0.3, 0.4) is 0 Å². The highest BCUT2D eigenvalue weighted by Gasteiger charge is 2.37. The quantitative estimate of drug-likeness (QED) is 0.775. The first-order chi connectivity index (χ1) is 11.4. The molecule has 24 heavy (non-hydrogen) atoms. The molecule has 0 spiro atoms. The normalized spacial score (nSPS) is 13.0. The summed E-state index contributed by atoms with van der Waals surface area (Å²) in [4.78, 5) is 0. The lowest BCUT2D eigenvalue weighted by Gasteiger charge is -2.15. The Kier molecular flexibility index (Phi) is 4.24. The fourth-order valence-corrected chi connectivity index (χ4v) is 2.08. The Morgan fingerprint density at radius 3 is 2.58 bits per heavy atom. The van der Waals surface area contributed by atoms with Gasteiger partial charge in [-0.2, -0.15) is 17.7 Å². The molecule has 2 heterocycles. The Morgan fingerprint density at radius 2 is 1.88 bits per heavy atom. The number of hydrogen-bond acceptors (Lipinski definition) is 5. The summed E-state index contributed by atoms with van der Waals surface area (Å²) < 4.78 is 44.9. The number of aromatic nitrogens is 4. The number of hydrogen-bond donors (Lipinski definition) is 1. The van der Waals surface area contributed by atoms with Gasteiger partial charge in [-0.25, -0.2) is 0 Å². The van der Waals surface area contributed by atoms with E-state index in [0.717, 1.165) is 0 Å². The molecule has 0 saturated carbocycles. The molecule has 1 atom stereocenters. The summed E-state index contributed by atoms with van der Waals surface area (Å²) in [6.45, 7) is 2.22. The van der Waals surface area contributed by atoms with Gasteiger partial charge < -0.3 is 10.1 Å². The molecule has 9 heteroatoms. The number of rotatable bonds is 5. The third kappa shape index (κ3) is 3.55. The molecular weight excluding hydrogens is 323 g/mol. The van der Waals surface area contributed by atoms with Crippen molar-refractivity contribution in [3.05, 3.63) is 48.3 Å². The predicted molar refractivity (Wildman–Crippen MR) is 80.8 cm³/mol. The van der Waals surface area contributed by atoms with Crippen molar-refractivity contribution in [2.24, 2.45) is 0 Å². The van der Waals surface area contributed by atoms with Crippen molar-refractivity contribution >= 4 is 11.5 Å². The van der Waals surface area contributed by atoms with E-state index in [-0.39, 0.29) is 17.6 Å². The molecule has 126 valence electrons. The van der Waals surface area contributed by atoms with E-state index in [9.17, 15) is 13.2 Å². The van der Waals surface area contributed by atoms with Gasteiger partial charge in [-0.1, -0.05) is 18.2 Å². The van der Waals surface area contributed by atoms with Crippen LogP contribution in [0.15, 0.2) is 42.5 Å². The molecule has 1 unspecified atom stereocenters. The lowest BCUT2D eigenvalue weighted by molar-refractivity contribution is -0.146. The van der Waals surface area contributed by atoms with E-state index >= 15 is 0 Å². The first kappa shape index (κ1) is 16.0. The summed E-state index contributed by atoms with van der Waals surface area (Å²) in [6.07, 6.45) is -4.82. The Morgan fingerprint density at radius 1 is 1.12 bits per heavy atom. The van der Waals surface area contributed by atoms with Crippen molar-refractivity contribution in [2.75, 3.05) is 11.9 Å². The maximum atomic E-state index is 12.8. The van der Waals surface area contributed by atoms with Gasteiger partial charge in [-0.05, 0) is 31.2 Å². The van der Waals surface area contributed by atoms with Crippen molar-refractivity contribution in [2.45, 2.75) is 19.2 Å². The highest BCUT2D eigenvalue weighted by Crippen LogP contribution is 2.27. The van der Waals surface area contributed by atoms with E-state index in [1.54, 1.807) is 6.07 Å². The first-order valence-electron chi connectivity index (χ1n) is 7.19. The van der Waals surface area contributed by atoms with Gasteiger partial charge in [0.05, 0.1) is 6.54 Å². The molecule has 1 N–H and O–H groups in total. The van der Waals surface area contributed by atoms with E-state index in [0.29, 0.717) is 16.8 Å². The van der Waals surface area contributed by atoms with E-state index < -0.39 is 12.0 Å².